The molecule has 0 aliphatic rings. The molecular weight excluding hydrogens is 367 g/mol. The van der Waals surface area contributed by atoms with Gasteiger partial charge in [-0.15, -0.1) is 0 Å². The highest BCUT2D eigenvalue weighted by atomic mass is 35.5. The third-order valence-electron chi connectivity index (χ3n) is 3.29. The van der Waals surface area contributed by atoms with Gasteiger partial charge in [-0.3, -0.25) is 14.9 Å². The maximum absolute atomic E-state index is 11.8. The van der Waals surface area contributed by atoms with Crippen molar-refractivity contribution in [1.82, 2.24) is 5.43 Å². The highest BCUT2D eigenvalue weighted by Crippen LogP contribution is 2.22. The van der Waals surface area contributed by atoms with Crippen LogP contribution in [0.25, 0.3) is 0 Å². The summed E-state index contributed by atoms with van der Waals surface area (Å²) in [4.78, 5) is 22.0. The minimum atomic E-state index is -0.538. The molecule has 0 heterocycles. The molecule has 2 N–H and O–H groups in total. The minimum absolute atomic E-state index is 0.0127. The number of nitro groups is 1. The quantitative estimate of drug-likeness (QED) is 0.452. The standard InChI is InChI=1S/C16H14Cl2N4O3/c1-10-13(17)3-2-4-15(10)19-9-16(23)21-20-8-11-7-12(22(24)25)5-6-14(11)18/h2-8,19H,9H2,1H3,(H,21,23)/b20-8+. The second-order valence-electron chi connectivity index (χ2n) is 5.02. The van der Waals surface area contributed by atoms with Crippen molar-refractivity contribution in [1.29, 1.82) is 0 Å². The maximum atomic E-state index is 11.8. The fourth-order valence-corrected chi connectivity index (χ4v) is 2.27. The van der Waals surface area contributed by atoms with Gasteiger partial charge in [0.1, 0.15) is 0 Å². The number of halogens is 2. The Morgan fingerprint density at radius 1 is 1.28 bits per heavy atom. The second-order valence-corrected chi connectivity index (χ2v) is 5.84. The van der Waals surface area contributed by atoms with Gasteiger partial charge >= 0.3 is 0 Å². The van der Waals surface area contributed by atoms with Crippen LogP contribution in [0.1, 0.15) is 11.1 Å². The van der Waals surface area contributed by atoms with E-state index in [0.717, 1.165) is 11.3 Å². The lowest BCUT2D eigenvalue weighted by molar-refractivity contribution is -0.384. The van der Waals surface area contributed by atoms with Crippen molar-refractivity contribution in [3.63, 3.8) is 0 Å². The van der Waals surface area contributed by atoms with E-state index in [4.69, 9.17) is 23.2 Å². The molecule has 0 aliphatic carbocycles. The Bertz CT molecular complexity index is 840. The zero-order valence-electron chi connectivity index (χ0n) is 13.1. The molecule has 25 heavy (non-hydrogen) atoms. The summed E-state index contributed by atoms with van der Waals surface area (Å²) in [6.07, 6.45) is 1.25. The average molecular weight is 381 g/mol. The molecule has 2 rings (SSSR count). The molecule has 130 valence electrons. The molecule has 0 fully saturated rings. The number of benzene rings is 2. The third kappa shape index (κ3) is 5.17. The summed E-state index contributed by atoms with van der Waals surface area (Å²) in [5.41, 5.74) is 4.11. The Morgan fingerprint density at radius 2 is 2.04 bits per heavy atom. The minimum Gasteiger partial charge on any atom is -0.376 e. The van der Waals surface area contributed by atoms with E-state index in [9.17, 15) is 14.9 Å². The van der Waals surface area contributed by atoms with Crippen LogP contribution in [0.3, 0.4) is 0 Å². The van der Waals surface area contributed by atoms with Gasteiger partial charge in [0.2, 0.25) is 0 Å². The second kappa shape index (κ2) is 8.46. The lowest BCUT2D eigenvalue weighted by atomic mass is 10.2. The molecule has 7 nitrogen and oxygen atoms in total. The van der Waals surface area contributed by atoms with Crippen LogP contribution in [-0.2, 0) is 4.79 Å². The van der Waals surface area contributed by atoms with Gasteiger partial charge in [0.25, 0.3) is 11.6 Å². The summed E-state index contributed by atoms with van der Waals surface area (Å²) in [7, 11) is 0. The molecule has 0 atom stereocenters. The number of carbonyl (C=O) groups is 1. The number of hydrogen-bond acceptors (Lipinski definition) is 5. The normalized spacial score (nSPS) is 10.7. The molecule has 0 radical (unpaired) electrons. The Labute approximate surface area is 153 Å². The van der Waals surface area contributed by atoms with E-state index in [1.165, 1.54) is 24.4 Å². The molecule has 0 aliphatic heterocycles. The van der Waals surface area contributed by atoms with Gasteiger partial charge in [0.15, 0.2) is 0 Å². The maximum Gasteiger partial charge on any atom is 0.270 e. The van der Waals surface area contributed by atoms with E-state index in [1.54, 1.807) is 18.2 Å². The average Bonchev–Trinajstić information content (AvgIpc) is 2.57. The summed E-state index contributed by atoms with van der Waals surface area (Å²) in [5.74, 6) is -0.392. The van der Waals surface area contributed by atoms with Crippen molar-refractivity contribution in [3.05, 3.63) is 67.7 Å². The lowest BCUT2D eigenvalue weighted by Gasteiger charge is -2.09. The zero-order chi connectivity index (χ0) is 18.4. The fraction of sp³-hybridized carbons (Fsp3) is 0.125. The molecule has 0 unspecified atom stereocenters. The van der Waals surface area contributed by atoms with Gasteiger partial charge in [0.05, 0.1) is 17.7 Å². The molecule has 0 aromatic heterocycles. The number of carbonyl (C=O) groups excluding carboxylic acids is 1. The van der Waals surface area contributed by atoms with Crippen LogP contribution in [0, 0.1) is 17.0 Å². The van der Waals surface area contributed by atoms with Gasteiger partial charge in [-0.25, -0.2) is 5.43 Å². The molecule has 1 amide bonds. The van der Waals surface area contributed by atoms with Crippen molar-refractivity contribution in [3.8, 4) is 0 Å². The van der Waals surface area contributed by atoms with Gasteiger partial charge in [-0.1, -0.05) is 29.3 Å². The number of nitrogens with one attached hydrogen (secondary N) is 2. The Hall–Kier alpha value is -2.64. The van der Waals surface area contributed by atoms with E-state index in [2.05, 4.69) is 15.8 Å². The fourth-order valence-electron chi connectivity index (χ4n) is 1.93. The number of hydrogen-bond donors (Lipinski definition) is 2. The van der Waals surface area contributed by atoms with Crippen molar-refractivity contribution >= 4 is 46.7 Å². The predicted octanol–water partition coefficient (Wildman–Crippen LogP) is 3.77. The Kier molecular flexibility index (Phi) is 6.32. The summed E-state index contributed by atoms with van der Waals surface area (Å²) in [6.45, 7) is 1.83. The summed E-state index contributed by atoms with van der Waals surface area (Å²) in [6, 6.07) is 9.29. The van der Waals surface area contributed by atoms with Crippen LogP contribution in [0.5, 0.6) is 0 Å². The number of amides is 1. The molecule has 0 bridgehead atoms. The number of nitrogens with zero attached hydrogens (tertiary/aromatic N) is 2. The SMILES string of the molecule is Cc1c(Cl)cccc1NCC(=O)N/N=C/c1cc([N+](=O)[O-])ccc1Cl. The highest BCUT2D eigenvalue weighted by molar-refractivity contribution is 6.33. The summed E-state index contributed by atoms with van der Waals surface area (Å²) >= 11 is 11.9. The number of rotatable bonds is 6. The summed E-state index contributed by atoms with van der Waals surface area (Å²) < 4.78 is 0. The van der Waals surface area contributed by atoms with Crippen LogP contribution in [0.4, 0.5) is 11.4 Å². The van der Waals surface area contributed by atoms with Crippen LogP contribution in [-0.4, -0.2) is 23.6 Å². The molecule has 9 heteroatoms. The van der Waals surface area contributed by atoms with Crippen LogP contribution < -0.4 is 10.7 Å². The largest absolute Gasteiger partial charge is 0.376 e. The molecule has 0 saturated carbocycles. The van der Waals surface area contributed by atoms with Gasteiger partial charge in [-0.05, 0) is 30.7 Å². The van der Waals surface area contributed by atoms with E-state index < -0.39 is 10.8 Å². The lowest BCUT2D eigenvalue weighted by Crippen LogP contribution is -2.26. The zero-order valence-corrected chi connectivity index (χ0v) is 14.6. The Balaban J connectivity index is 1.93. The van der Waals surface area contributed by atoms with E-state index in [1.807, 2.05) is 6.92 Å². The predicted molar refractivity (Wildman–Crippen MR) is 98.5 cm³/mol. The first-order valence-electron chi connectivity index (χ1n) is 7.13. The van der Waals surface area contributed by atoms with E-state index in [-0.39, 0.29) is 17.3 Å². The first-order chi connectivity index (χ1) is 11.9. The number of non-ortho nitro benzene ring substituents is 1. The van der Waals surface area contributed by atoms with Crippen molar-refractivity contribution in [2.24, 2.45) is 5.10 Å². The van der Waals surface area contributed by atoms with Crippen LogP contribution in [0.15, 0.2) is 41.5 Å². The smallest absolute Gasteiger partial charge is 0.270 e. The van der Waals surface area contributed by atoms with Crippen LogP contribution >= 0.6 is 23.2 Å². The summed E-state index contributed by atoms with van der Waals surface area (Å²) in [5, 5.41) is 18.3. The molecular formula is C16H14Cl2N4O3. The monoisotopic (exact) mass is 380 g/mol. The van der Waals surface area contributed by atoms with E-state index in [0.29, 0.717) is 10.6 Å². The van der Waals surface area contributed by atoms with Gasteiger partial charge < -0.3 is 5.32 Å². The topological polar surface area (TPSA) is 96.6 Å². The number of anilines is 1. The molecule has 0 spiro atoms. The number of nitro benzene ring substituents is 1. The van der Waals surface area contributed by atoms with Crippen molar-refractivity contribution in [2.75, 3.05) is 11.9 Å². The third-order valence-corrected chi connectivity index (χ3v) is 4.04. The van der Waals surface area contributed by atoms with Crippen molar-refractivity contribution in [2.45, 2.75) is 6.92 Å². The molecule has 2 aromatic rings. The van der Waals surface area contributed by atoms with Gasteiger partial charge in [0, 0.05) is 33.4 Å². The Morgan fingerprint density at radius 3 is 2.76 bits per heavy atom. The van der Waals surface area contributed by atoms with Gasteiger partial charge in [-0.2, -0.15) is 5.10 Å². The van der Waals surface area contributed by atoms with Crippen molar-refractivity contribution < 1.29 is 9.72 Å². The van der Waals surface area contributed by atoms with Crippen LogP contribution in [0.2, 0.25) is 10.0 Å². The first-order valence-corrected chi connectivity index (χ1v) is 7.89. The molecule has 0 saturated heterocycles. The molecule has 2 aromatic carbocycles. The first kappa shape index (κ1) is 18.7. The number of hydrazone groups is 1. The highest BCUT2D eigenvalue weighted by Gasteiger charge is 2.08. The van der Waals surface area contributed by atoms with E-state index >= 15 is 0 Å².